The summed E-state index contributed by atoms with van der Waals surface area (Å²) >= 11 is 0. The van der Waals surface area contributed by atoms with E-state index in [-0.39, 0.29) is 10.5 Å². The number of benzene rings is 2. The number of carbonyl (C=O) groups is 1. The van der Waals surface area contributed by atoms with Gasteiger partial charge in [-0.3, -0.25) is 9.52 Å². The fourth-order valence-electron chi connectivity index (χ4n) is 2.06. The van der Waals surface area contributed by atoms with E-state index in [0.717, 1.165) is 5.56 Å². The van der Waals surface area contributed by atoms with E-state index in [0.29, 0.717) is 11.4 Å². The van der Waals surface area contributed by atoms with Gasteiger partial charge < -0.3 is 10.1 Å². The minimum atomic E-state index is -3.81. The Kier molecular flexibility index (Phi) is 4.90. The molecule has 0 aliphatic carbocycles. The molecule has 2 aromatic rings. The van der Waals surface area contributed by atoms with Crippen LogP contribution < -0.4 is 14.8 Å². The van der Waals surface area contributed by atoms with Gasteiger partial charge in [-0.2, -0.15) is 0 Å². The number of rotatable bonds is 5. The van der Waals surface area contributed by atoms with E-state index in [1.807, 2.05) is 19.1 Å². The summed E-state index contributed by atoms with van der Waals surface area (Å²) in [5.41, 5.74) is 1.45. The van der Waals surface area contributed by atoms with Crippen molar-refractivity contribution >= 4 is 21.6 Å². The smallest absolute Gasteiger partial charge is 0.261 e. The number of sulfonamides is 1. The summed E-state index contributed by atoms with van der Waals surface area (Å²) in [6.45, 7) is 1.81. The third kappa shape index (κ3) is 3.62. The van der Waals surface area contributed by atoms with Gasteiger partial charge in [-0.1, -0.05) is 18.2 Å². The van der Waals surface area contributed by atoms with Crippen molar-refractivity contribution in [2.45, 2.75) is 11.8 Å². The molecule has 0 spiro atoms. The highest BCUT2D eigenvalue weighted by atomic mass is 32.2. The quantitative estimate of drug-likeness (QED) is 0.877. The van der Waals surface area contributed by atoms with Crippen LogP contribution in [0.2, 0.25) is 0 Å². The molecule has 0 unspecified atom stereocenters. The van der Waals surface area contributed by atoms with Crippen LogP contribution in [0.5, 0.6) is 5.75 Å². The van der Waals surface area contributed by atoms with E-state index < -0.39 is 15.9 Å². The minimum absolute atomic E-state index is 0.0137. The van der Waals surface area contributed by atoms with Gasteiger partial charge in [-0.25, -0.2) is 8.42 Å². The van der Waals surface area contributed by atoms with E-state index in [1.165, 1.54) is 32.4 Å². The fraction of sp³-hybridized carbons (Fsp3) is 0.188. The Morgan fingerprint density at radius 2 is 1.83 bits per heavy atom. The monoisotopic (exact) mass is 334 g/mol. The van der Waals surface area contributed by atoms with Crippen LogP contribution in [-0.2, 0) is 10.0 Å². The minimum Gasteiger partial charge on any atom is -0.496 e. The molecule has 122 valence electrons. The van der Waals surface area contributed by atoms with Crippen LogP contribution in [0, 0.1) is 6.92 Å². The highest BCUT2D eigenvalue weighted by Crippen LogP contribution is 2.25. The summed E-state index contributed by atoms with van der Waals surface area (Å²) in [7, 11) is -0.926. The van der Waals surface area contributed by atoms with E-state index in [1.54, 1.807) is 12.1 Å². The third-order valence-corrected chi connectivity index (χ3v) is 4.71. The van der Waals surface area contributed by atoms with Crippen molar-refractivity contribution in [2.75, 3.05) is 18.9 Å². The molecular formula is C16H18N2O4S. The molecule has 0 saturated carbocycles. The summed E-state index contributed by atoms with van der Waals surface area (Å²) in [6.07, 6.45) is 0. The predicted octanol–water partition coefficient (Wildman–Crippen LogP) is 2.16. The molecule has 2 N–H and O–H groups in total. The average molecular weight is 334 g/mol. The van der Waals surface area contributed by atoms with Gasteiger partial charge in [-0.05, 0) is 36.8 Å². The van der Waals surface area contributed by atoms with Gasteiger partial charge in [0, 0.05) is 7.05 Å². The maximum atomic E-state index is 12.5. The third-order valence-electron chi connectivity index (χ3n) is 3.34. The van der Waals surface area contributed by atoms with Gasteiger partial charge in [-0.15, -0.1) is 0 Å². The molecule has 0 heterocycles. The lowest BCUT2D eigenvalue weighted by molar-refractivity contribution is 0.0960. The van der Waals surface area contributed by atoms with Crippen molar-refractivity contribution in [1.82, 2.24) is 5.32 Å². The van der Waals surface area contributed by atoms with E-state index in [4.69, 9.17) is 4.74 Å². The molecule has 0 aromatic heterocycles. The highest BCUT2D eigenvalue weighted by molar-refractivity contribution is 7.92. The molecule has 1 amide bonds. The molecule has 0 bridgehead atoms. The molecule has 2 rings (SSSR count). The second-order valence-electron chi connectivity index (χ2n) is 4.86. The van der Waals surface area contributed by atoms with Crippen LogP contribution >= 0.6 is 0 Å². The van der Waals surface area contributed by atoms with Gasteiger partial charge in [0.25, 0.3) is 15.9 Å². The molecule has 2 aromatic carbocycles. The number of hydrogen-bond acceptors (Lipinski definition) is 4. The lowest BCUT2D eigenvalue weighted by Crippen LogP contribution is -2.20. The van der Waals surface area contributed by atoms with Gasteiger partial charge >= 0.3 is 0 Å². The molecule has 23 heavy (non-hydrogen) atoms. The van der Waals surface area contributed by atoms with Crippen molar-refractivity contribution in [3.63, 3.8) is 0 Å². The first-order valence-corrected chi connectivity index (χ1v) is 8.36. The van der Waals surface area contributed by atoms with Crippen LogP contribution in [0.4, 0.5) is 5.69 Å². The Morgan fingerprint density at radius 3 is 2.43 bits per heavy atom. The van der Waals surface area contributed by atoms with E-state index >= 15 is 0 Å². The van der Waals surface area contributed by atoms with E-state index in [9.17, 15) is 13.2 Å². The molecule has 0 aliphatic rings. The summed E-state index contributed by atoms with van der Waals surface area (Å²) in [4.78, 5) is 11.9. The van der Waals surface area contributed by atoms with Crippen molar-refractivity contribution in [3.8, 4) is 5.75 Å². The maximum Gasteiger partial charge on any atom is 0.261 e. The summed E-state index contributed by atoms with van der Waals surface area (Å²) in [5, 5.41) is 2.46. The number of methoxy groups -OCH3 is 1. The molecule has 0 atom stereocenters. The molecule has 6 nitrogen and oxygen atoms in total. The molecule has 0 radical (unpaired) electrons. The normalized spacial score (nSPS) is 10.9. The second kappa shape index (κ2) is 6.70. The molecule has 0 fully saturated rings. The number of carbonyl (C=O) groups excluding carboxylic acids is 1. The molecule has 7 heteroatoms. The Morgan fingerprint density at radius 1 is 1.13 bits per heavy atom. The largest absolute Gasteiger partial charge is 0.496 e. The Balaban J connectivity index is 2.44. The fourth-order valence-corrected chi connectivity index (χ4v) is 3.21. The summed E-state index contributed by atoms with van der Waals surface area (Å²) in [5.74, 6) is -0.117. The Hall–Kier alpha value is -2.54. The van der Waals surface area contributed by atoms with E-state index in [2.05, 4.69) is 10.0 Å². The SMILES string of the molecule is CNC(=O)c1cc(S(=O)(=O)Nc2ccccc2C)ccc1OC. The first-order chi connectivity index (χ1) is 10.9. The average Bonchev–Trinajstić information content (AvgIpc) is 2.55. The Labute approximate surface area is 135 Å². The molecular weight excluding hydrogens is 316 g/mol. The maximum absolute atomic E-state index is 12.5. The van der Waals surface area contributed by atoms with Gasteiger partial charge in [0.1, 0.15) is 5.75 Å². The number of hydrogen-bond donors (Lipinski definition) is 2. The number of aryl methyl sites for hydroxylation is 1. The first kappa shape index (κ1) is 16.8. The van der Waals surface area contributed by atoms with Crippen LogP contribution in [-0.4, -0.2) is 28.5 Å². The van der Waals surface area contributed by atoms with Crippen molar-refractivity contribution in [1.29, 1.82) is 0 Å². The highest BCUT2D eigenvalue weighted by Gasteiger charge is 2.20. The van der Waals surface area contributed by atoms with Crippen LogP contribution in [0.3, 0.4) is 0 Å². The molecule has 0 aliphatic heterocycles. The standard InChI is InChI=1S/C16H18N2O4S/c1-11-6-4-5-7-14(11)18-23(20,21)12-8-9-15(22-3)13(10-12)16(19)17-2/h4-10,18H,1-3H3,(H,17,19). The van der Waals surface area contributed by atoms with Crippen LogP contribution in [0.15, 0.2) is 47.4 Å². The number of nitrogens with one attached hydrogen (secondary N) is 2. The zero-order valence-electron chi connectivity index (χ0n) is 13.1. The number of para-hydroxylation sites is 1. The van der Waals surface area contributed by atoms with Crippen molar-refractivity contribution < 1.29 is 17.9 Å². The number of anilines is 1. The lowest BCUT2D eigenvalue weighted by Gasteiger charge is -2.13. The first-order valence-electron chi connectivity index (χ1n) is 6.87. The zero-order chi connectivity index (χ0) is 17.0. The van der Waals surface area contributed by atoms with Crippen LogP contribution in [0.25, 0.3) is 0 Å². The summed E-state index contributed by atoms with van der Waals surface area (Å²) < 4.78 is 32.7. The van der Waals surface area contributed by atoms with Gasteiger partial charge in [0.15, 0.2) is 0 Å². The lowest BCUT2D eigenvalue weighted by atomic mass is 10.2. The predicted molar refractivity (Wildman–Crippen MR) is 88.4 cm³/mol. The molecule has 0 saturated heterocycles. The Bertz CT molecular complexity index is 832. The second-order valence-corrected chi connectivity index (χ2v) is 6.54. The topological polar surface area (TPSA) is 84.5 Å². The van der Waals surface area contributed by atoms with Crippen molar-refractivity contribution in [2.24, 2.45) is 0 Å². The number of amides is 1. The summed E-state index contributed by atoms with van der Waals surface area (Å²) in [6, 6.07) is 11.2. The number of ether oxygens (including phenoxy) is 1. The van der Waals surface area contributed by atoms with Crippen LogP contribution in [0.1, 0.15) is 15.9 Å². The van der Waals surface area contributed by atoms with Crippen molar-refractivity contribution in [3.05, 3.63) is 53.6 Å². The van der Waals surface area contributed by atoms with Gasteiger partial charge in [0.2, 0.25) is 0 Å². The zero-order valence-corrected chi connectivity index (χ0v) is 13.9. The van der Waals surface area contributed by atoms with Gasteiger partial charge in [0.05, 0.1) is 23.3 Å².